The van der Waals surface area contributed by atoms with Crippen molar-refractivity contribution < 1.29 is 4.42 Å². The summed E-state index contributed by atoms with van der Waals surface area (Å²) in [6, 6.07) is 3.91. The van der Waals surface area contributed by atoms with Gasteiger partial charge in [-0.05, 0) is 33.8 Å². The lowest BCUT2D eigenvalue weighted by Crippen LogP contribution is -1.73. The first kappa shape index (κ1) is 8.21. The maximum Gasteiger partial charge on any atom is 0.169 e. The predicted molar refractivity (Wildman–Crippen MR) is 48.2 cm³/mol. The molecule has 1 aromatic heterocycles. The Kier molecular flexibility index (Phi) is 3.35. The van der Waals surface area contributed by atoms with Crippen LogP contribution in [0.25, 0.3) is 0 Å². The molecule has 0 saturated heterocycles. The molecule has 0 aliphatic rings. The molecule has 0 spiro atoms. The van der Waals surface area contributed by atoms with Crippen molar-refractivity contribution in [3.63, 3.8) is 0 Å². The quantitative estimate of drug-likeness (QED) is 0.776. The summed E-state index contributed by atoms with van der Waals surface area (Å²) in [6.45, 7) is 2.14. The SMILES string of the molecule is CCSCc1ccc(Br)o1. The average molecular weight is 221 g/mol. The molecule has 0 atom stereocenters. The van der Waals surface area contributed by atoms with Gasteiger partial charge in [0.1, 0.15) is 5.76 Å². The third kappa shape index (κ3) is 2.39. The molecule has 0 fully saturated rings. The summed E-state index contributed by atoms with van der Waals surface area (Å²) >= 11 is 5.11. The largest absolute Gasteiger partial charge is 0.453 e. The summed E-state index contributed by atoms with van der Waals surface area (Å²) in [4.78, 5) is 0. The molecule has 0 aliphatic heterocycles. The van der Waals surface area contributed by atoms with Crippen LogP contribution < -0.4 is 0 Å². The van der Waals surface area contributed by atoms with E-state index < -0.39 is 0 Å². The molecule has 0 radical (unpaired) electrons. The Hall–Kier alpha value is 0.110. The fourth-order valence-electron chi connectivity index (χ4n) is 0.632. The van der Waals surface area contributed by atoms with Gasteiger partial charge in [-0.1, -0.05) is 6.92 Å². The molecule has 1 aromatic rings. The van der Waals surface area contributed by atoms with E-state index in [2.05, 4.69) is 22.9 Å². The highest BCUT2D eigenvalue weighted by molar-refractivity contribution is 9.10. The van der Waals surface area contributed by atoms with Gasteiger partial charge in [0.25, 0.3) is 0 Å². The van der Waals surface area contributed by atoms with Gasteiger partial charge in [0, 0.05) is 0 Å². The summed E-state index contributed by atoms with van der Waals surface area (Å²) < 4.78 is 6.10. The van der Waals surface area contributed by atoms with Crippen LogP contribution in [0.15, 0.2) is 21.2 Å². The molecular formula is C7H9BrOS. The van der Waals surface area contributed by atoms with Crippen LogP contribution in [0.2, 0.25) is 0 Å². The van der Waals surface area contributed by atoms with E-state index in [9.17, 15) is 0 Å². The van der Waals surface area contributed by atoms with E-state index in [-0.39, 0.29) is 0 Å². The zero-order valence-corrected chi connectivity index (χ0v) is 8.17. The Bertz CT molecular complexity index is 197. The number of thioether (sulfide) groups is 1. The van der Waals surface area contributed by atoms with Crippen molar-refractivity contribution in [1.29, 1.82) is 0 Å². The minimum absolute atomic E-state index is 0.819. The summed E-state index contributed by atoms with van der Waals surface area (Å²) in [5, 5.41) is 0. The van der Waals surface area contributed by atoms with Crippen LogP contribution in [0.1, 0.15) is 12.7 Å². The van der Waals surface area contributed by atoms with Crippen LogP contribution in [-0.4, -0.2) is 5.75 Å². The third-order valence-corrected chi connectivity index (χ3v) is 2.40. The van der Waals surface area contributed by atoms with Crippen molar-refractivity contribution in [2.45, 2.75) is 12.7 Å². The molecule has 0 N–H and O–H groups in total. The van der Waals surface area contributed by atoms with Crippen LogP contribution in [0.5, 0.6) is 0 Å². The van der Waals surface area contributed by atoms with E-state index in [4.69, 9.17) is 4.42 Å². The molecular weight excluding hydrogens is 212 g/mol. The van der Waals surface area contributed by atoms with Gasteiger partial charge >= 0.3 is 0 Å². The Morgan fingerprint density at radius 1 is 1.60 bits per heavy atom. The second kappa shape index (κ2) is 4.09. The number of hydrogen-bond donors (Lipinski definition) is 0. The fourth-order valence-corrected chi connectivity index (χ4v) is 1.53. The Morgan fingerprint density at radius 3 is 2.90 bits per heavy atom. The maximum absolute atomic E-state index is 5.28. The molecule has 3 heteroatoms. The molecule has 56 valence electrons. The van der Waals surface area contributed by atoms with E-state index in [0.717, 1.165) is 21.9 Å². The number of halogens is 1. The summed E-state index contributed by atoms with van der Waals surface area (Å²) in [6.07, 6.45) is 0. The second-order valence-corrected chi connectivity index (χ2v) is 3.90. The minimum atomic E-state index is 0.819. The van der Waals surface area contributed by atoms with Gasteiger partial charge in [-0.25, -0.2) is 0 Å². The summed E-state index contributed by atoms with van der Waals surface area (Å²) in [5.41, 5.74) is 0. The highest BCUT2D eigenvalue weighted by atomic mass is 79.9. The van der Waals surface area contributed by atoms with E-state index in [1.165, 1.54) is 0 Å². The lowest BCUT2D eigenvalue weighted by Gasteiger charge is -1.91. The number of rotatable bonds is 3. The third-order valence-electron chi connectivity index (χ3n) is 1.08. The van der Waals surface area contributed by atoms with Crippen molar-refractivity contribution in [3.8, 4) is 0 Å². The second-order valence-electron chi connectivity index (χ2n) is 1.84. The Labute approximate surface area is 73.3 Å². The average Bonchev–Trinajstić information content (AvgIpc) is 2.31. The molecule has 0 saturated carbocycles. The minimum Gasteiger partial charge on any atom is -0.453 e. The normalized spacial score (nSPS) is 10.2. The molecule has 10 heavy (non-hydrogen) atoms. The smallest absolute Gasteiger partial charge is 0.169 e. The first-order chi connectivity index (χ1) is 4.83. The van der Waals surface area contributed by atoms with Gasteiger partial charge in [-0.2, -0.15) is 11.8 Å². The van der Waals surface area contributed by atoms with Crippen LogP contribution in [0.3, 0.4) is 0 Å². The summed E-state index contributed by atoms with van der Waals surface area (Å²) in [7, 11) is 0. The molecule has 1 rings (SSSR count). The van der Waals surface area contributed by atoms with Crippen molar-refractivity contribution in [1.82, 2.24) is 0 Å². The molecule has 0 amide bonds. The van der Waals surface area contributed by atoms with E-state index in [1.807, 2.05) is 23.9 Å². The summed E-state index contributed by atoms with van der Waals surface area (Å²) in [5.74, 6) is 3.15. The van der Waals surface area contributed by atoms with Crippen molar-refractivity contribution in [2.24, 2.45) is 0 Å². The first-order valence-corrected chi connectivity index (χ1v) is 5.09. The van der Waals surface area contributed by atoms with Gasteiger partial charge in [-0.15, -0.1) is 0 Å². The highest BCUT2D eigenvalue weighted by Gasteiger charge is 1.96. The van der Waals surface area contributed by atoms with Crippen LogP contribution in [0.4, 0.5) is 0 Å². The Morgan fingerprint density at radius 2 is 2.40 bits per heavy atom. The highest BCUT2D eigenvalue weighted by Crippen LogP contribution is 2.18. The van der Waals surface area contributed by atoms with Gasteiger partial charge in [0.15, 0.2) is 4.67 Å². The standard InChI is InChI=1S/C7H9BrOS/c1-2-10-5-6-3-4-7(8)9-6/h3-4H,2,5H2,1H3. The lowest BCUT2D eigenvalue weighted by molar-refractivity contribution is 0.507. The topological polar surface area (TPSA) is 13.1 Å². The van der Waals surface area contributed by atoms with Crippen LogP contribution in [-0.2, 0) is 5.75 Å². The maximum atomic E-state index is 5.28. The Balaban J connectivity index is 2.42. The molecule has 0 unspecified atom stereocenters. The zero-order chi connectivity index (χ0) is 7.40. The van der Waals surface area contributed by atoms with Crippen LogP contribution >= 0.6 is 27.7 Å². The molecule has 0 aromatic carbocycles. The van der Waals surface area contributed by atoms with E-state index in [1.54, 1.807) is 0 Å². The van der Waals surface area contributed by atoms with E-state index in [0.29, 0.717) is 0 Å². The van der Waals surface area contributed by atoms with Gasteiger partial charge in [-0.3, -0.25) is 0 Å². The van der Waals surface area contributed by atoms with E-state index >= 15 is 0 Å². The molecule has 0 aliphatic carbocycles. The molecule has 1 nitrogen and oxygen atoms in total. The predicted octanol–water partition coefficient (Wildman–Crippen LogP) is 3.30. The van der Waals surface area contributed by atoms with Crippen molar-refractivity contribution in [3.05, 3.63) is 22.6 Å². The zero-order valence-electron chi connectivity index (χ0n) is 5.76. The fraction of sp³-hybridized carbons (Fsp3) is 0.429. The monoisotopic (exact) mass is 220 g/mol. The lowest BCUT2D eigenvalue weighted by atomic mass is 10.5. The van der Waals surface area contributed by atoms with Gasteiger partial charge < -0.3 is 4.42 Å². The van der Waals surface area contributed by atoms with Crippen LogP contribution in [0, 0.1) is 0 Å². The number of furan rings is 1. The number of hydrogen-bond acceptors (Lipinski definition) is 2. The molecule has 1 heterocycles. The first-order valence-electron chi connectivity index (χ1n) is 3.15. The molecule has 0 bridgehead atoms. The van der Waals surface area contributed by atoms with Gasteiger partial charge in [0.05, 0.1) is 5.75 Å². The van der Waals surface area contributed by atoms with Crippen molar-refractivity contribution >= 4 is 27.7 Å². The van der Waals surface area contributed by atoms with Gasteiger partial charge in [0.2, 0.25) is 0 Å². The van der Waals surface area contributed by atoms with Crippen molar-refractivity contribution in [2.75, 3.05) is 5.75 Å².